The Balaban J connectivity index is 1.81. The Morgan fingerprint density at radius 2 is 2.14 bits per heavy atom. The van der Waals surface area contributed by atoms with Crippen molar-refractivity contribution in [1.29, 1.82) is 0 Å². The zero-order valence-electron chi connectivity index (χ0n) is 12.2. The smallest absolute Gasteiger partial charge is 0.161 e. The van der Waals surface area contributed by atoms with Crippen molar-refractivity contribution in [1.82, 2.24) is 24.3 Å². The number of pyridine rings is 1. The molecule has 108 valence electrons. The molecule has 0 bridgehead atoms. The summed E-state index contributed by atoms with van der Waals surface area (Å²) in [4.78, 5) is 8.70. The number of nitrogens with zero attached hydrogens (tertiary/aromatic N) is 5. The molecule has 0 aliphatic carbocycles. The first-order valence-electron chi connectivity index (χ1n) is 6.98. The number of aromatic nitrogens is 5. The Hall–Kier alpha value is -2.63. The van der Waals surface area contributed by atoms with Crippen LogP contribution in [0.25, 0.3) is 5.82 Å². The molecule has 3 aromatic heterocycles. The molecule has 0 aliphatic rings. The highest BCUT2D eigenvalue weighted by molar-refractivity contribution is 5.57. The molecule has 3 rings (SSSR count). The summed E-state index contributed by atoms with van der Waals surface area (Å²) in [6, 6.07) is 3.94. The van der Waals surface area contributed by atoms with Crippen LogP contribution < -0.4 is 5.32 Å². The van der Waals surface area contributed by atoms with Crippen molar-refractivity contribution < 1.29 is 0 Å². The highest BCUT2D eigenvalue weighted by Gasteiger charge is 2.08. The summed E-state index contributed by atoms with van der Waals surface area (Å²) in [6.07, 6.45) is 9.41. The zero-order valence-corrected chi connectivity index (χ0v) is 12.2. The molecule has 0 aliphatic heterocycles. The van der Waals surface area contributed by atoms with Crippen LogP contribution in [-0.2, 0) is 13.1 Å². The second kappa shape index (κ2) is 5.78. The van der Waals surface area contributed by atoms with Gasteiger partial charge in [0, 0.05) is 43.4 Å². The van der Waals surface area contributed by atoms with Gasteiger partial charge in [0.2, 0.25) is 0 Å². The SMILES string of the molecule is CCn1cc(CNc2cccnc2-n2ccnc2C)cn1. The first kappa shape index (κ1) is 13.4. The van der Waals surface area contributed by atoms with E-state index in [2.05, 4.69) is 27.3 Å². The fraction of sp³-hybridized carbons (Fsp3) is 0.267. The lowest BCUT2D eigenvalue weighted by atomic mass is 10.3. The van der Waals surface area contributed by atoms with Gasteiger partial charge in [-0.05, 0) is 26.0 Å². The summed E-state index contributed by atoms with van der Waals surface area (Å²) in [6.45, 7) is 5.63. The van der Waals surface area contributed by atoms with Gasteiger partial charge in [-0.15, -0.1) is 0 Å². The third-order valence-electron chi connectivity index (χ3n) is 3.33. The van der Waals surface area contributed by atoms with Gasteiger partial charge in [-0.3, -0.25) is 9.25 Å². The Bertz CT molecular complexity index is 727. The van der Waals surface area contributed by atoms with E-state index >= 15 is 0 Å². The van der Waals surface area contributed by atoms with Crippen molar-refractivity contribution in [3.05, 3.63) is 54.5 Å². The third-order valence-corrected chi connectivity index (χ3v) is 3.33. The van der Waals surface area contributed by atoms with Crippen molar-refractivity contribution in [2.45, 2.75) is 26.9 Å². The van der Waals surface area contributed by atoms with Crippen LogP contribution in [0.15, 0.2) is 43.1 Å². The molecular weight excluding hydrogens is 264 g/mol. The summed E-state index contributed by atoms with van der Waals surface area (Å²) in [5.41, 5.74) is 2.12. The lowest BCUT2D eigenvalue weighted by Gasteiger charge is -2.11. The maximum Gasteiger partial charge on any atom is 0.161 e. The van der Waals surface area contributed by atoms with Crippen LogP contribution in [0.3, 0.4) is 0 Å². The van der Waals surface area contributed by atoms with E-state index in [1.165, 1.54) is 0 Å². The van der Waals surface area contributed by atoms with Gasteiger partial charge in [0.15, 0.2) is 5.82 Å². The minimum atomic E-state index is 0.715. The molecule has 0 unspecified atom stereocenters. The van der Waals surface area contributed by atoms with Gasteiger partial charge in [-0.1, -0.05) is 0 Å². The molecule has 21 heavy (non-hydrogen) atoms. The standard InChI is InChI=1S/C15H18N6/c1-3-20-11-13(10-19-20)9-18-14-5-4-6-17-15(14)21-8-7-16-12(21)2/h4-8,10-11,18H,3,9H2,1-2H3. The molecule has 0 atom stereocenters. The van der Waals surface area contributed by atoms with Gasteiger partial charge in [0.1, 0.15) is 5.82 Å². The molecule has 0 fully saturated rings. The maximum absolute atomic E-state index is 4.46. The van der Waals surface area contributed by atoms with Gasteiger partial charge < -0.3 is 5.32 Å². The van der Waals surface area contributed by atoms with E-state index in [0.717, 1.165) is 29.4 Å². The second-order valence-corrected chi connectivity index (χ2v) is 4.78. The molecule has 6 nitrogen and oxygen atoms in total. The number of imidazole rings is 1. The van der Waals surface area contributed by atoms with Gasteiger partial charge in [-0.25, -0.2) is 9.97 Å². The van der Waals surface area contributed by atoms with Crippen LogP contribution in [0.2, 0.25) is 0 Å². The van der Waals surface area contributed by atoms with E-state index in [4.69, 9.17) is 0 Å². The molecule has 1 N–H and O–H groups in total. The fourth-order valence-corrected chi connectivity index (χ4v) is 2.20. The van der Waals surface area contributed by atoms with Crippen molar-refractivity contribution in [2.24, 2.45) is 0 Å². The number of hydrogen-bond donors (Lipinski definition) is 1. The maximum atomic E-state index is 4.46. The summed E-state index contributed by atoms with van der Waals surface area (Å²) in [5, 5.41) is 7.70. The second-order valence-electron chi connectivity index (χ2n) is 4.78. The molecule has 3 heterocycles. The molecule has 0 saturated heterocycles. The van der Waals surface area contributed by atoms with E-state index in [1.54, 1.807) is 12.4 Å². The molecule has 0 radical (unpaired) electrons. The minimum absolute atomic E-state index is 0.715. The lowest BCUT2D eigenvalue weighted by Crippen LogP contribution is -2.06. The molecular formula is C15H18N6. The molecule has 0 spiro atoms. The lowest BCUT2D eigenvalue weighted by molar-refractivity contribution is 0.659. The highest BCUT2D eigenvalue weighted by atomic mass is 15.3. The molecule has 0 amide bonds. The average Bonchev–Trinajstić information content (AvgIpc) is 3.14. The highest BCUT2D eigenvalue weighted by Crippen LogP contribution is 2.19. The quantitative estimate of drug-likeness (QED) is 0.780. The Morgan fingerprint density at radius 1 is 1.24 bits per heavy atom. The Labute approximate surface area is 123 Å². The predicted molar refractivity (Wildman–Crippen MR) is 81.3 cm³/mol. The van der Waals surface area contributed by atoms with Crippen LogP contribution in [0.1, 0.15) is 18.3 Å². The molecule has 6 heteroatoms. The Morgan fingerprint density at radius 3 is 2.86 bits per heavy atom. The number of anilines is 1. The molecule has 0 aromatic carbocycles. The summed E-state index contributed by atoms with van der Waals surface area (Å²) in [5.74, 6) is 1.77. The zero-order chi connectivity index (χ0) is 14.7. The average molecular weight is 282 g/mol. The van der Waals surface area contributed by atoms with Gasteiger partial charge in [0.25, 0.3) is 0 Å². The van der Waals surface area contributed by atoms with Crippen LogP contribution in [0.5, 0.6) is 0 Å². The van der Waals surface area contributed by atoms with Crippen molar-refractivity contribution in [2.75, 3.05) is 5.32 Å². The predicted octanol–water partition coefficient (Wildman–Crippen LogP) is 2.40. The summed E-state index contributed by atoms with van der Waals surface area (Å²) in [7, 11) is 0. The first-order valence-corrected chi connectivity index (χ1v) is 6.98. The minimum Gasteiger partial charge on any atom is -0.378 e. The molecule has 3 aromatic rings. The van der Waals surface area contributed by atoms with E-state index in [1.807, 2.05) is 46.9 Å². The van der Waals surface area contributed by atoms with Crippen molar-refractivity contribution in [3.63, 3.8) is 0 Å². The van der Waals surface area contributed by atoms with Gasteiger partial charge in [0.05, 0.1) is 11.9 Å². The topological polar surface area (TPSA) is 60.6 Å². The van der Waals surface area contributed by atoms with Crippen LogP contribution >= 0.6 is 0 Å². The van der Waals surface area contributed by atoms with Crippen molar-refractivity contribution >= 4 is 5.69 Å². The largest absolute Gasteiger partial charge is 0.378 e. The number of nitrogens with one attached hydrogen (secondary N) is 1. The molecule has 0 saturated carbocycles. The van der Waals surface area contributed by atoms with Crippen LogP contribution in [-0.4, -0.2) is 24.3 Å². The van der Waals surface area contributed by atoms with Gasteiger partial charge in [-0.2, -0.15) is 5.10 Å². The van der Waals surface area contributed by atoms with Crippen molar-refractivity contribution in [3.8, 4) is 5.82 Å². The fourth-order valence-electron chi connectivity index (χ4n) is 2.20. The normalized spacial score (nSPS) is 10.8. The summed E-state index contributed by atoms with van der Waals surface area (Å²) < 4.78 is 3.89. The number of aryl methyl sites for hydroxylation is 2. The summed E-state index contributed by atoms with van der Waals surface area (Å²) >= 11 is 0. The van der Waals surface area contributed by atoms with E-state index in [9.17, 15) is 0 Å². The van der Waals surface area contributed by atoms with Crippen LogP contribution in [0.4, 0.5) is 5.69 Å². The van der Waals surface area contributed by atoms with E-state index in [-0.39, 0.29) is 0 Å². The van der Waals surface area contributed by atoms with Crippen LogP contribution in [0, 0.1) is 6.92 Å². The Kier molecular flexibility index (Phi) is 3.68. The third kappa shape index (κ3) is 2.79. The number of hydrogen-bond acceptors (Lipinski definition) is 4. The van der Waals surface area contributed by atoms with Gasteiger partial charge >= 0.3 is 0 Å². The first-order chi connectivity index (χ1) is 10.3. The number of rotatable bonds is 5. The van der Waals surface area contributed by atoms with E-state index < -0.39 is 0 Å². The monoisotopic (exact) mass is 282 g/mol. The van der Waals surface area contributed by atoms with E-state index in [0.29, 0.717) is 6.54 Å².